The van der Waals surface area contributed by atoms with Crippen LogP contribution in [0, 0.1) is 0 Å². The molecule has 0 radical (unpaired) electrons. The number of nitrogens with zero attached hydrogens (tertiary/aromatic N) is 4. The fourth-order valence-corrected chi connectivity index (χ4v) is 4.01. The highest BCUT2D eigenvalue weighted by Crippen LogP contribution is 2.23. The topological polar surface area (TPSA) is 78.4 Å². The van der Waals surface area contributed by atoms with E-state index in [4.69, 9.17) is 0 Å². The maximum atomic E-state index is 11.4. The lowest BCUT2D eigenvalue weighted by atomic mass is 10.1. The largest absolute Gasteiger partial charge is 0.356 e. The maximum absolute atomic E-state index is 11.4. The van der Waals surface area contributed by atoms with Crippen molar-refractivity contribution in [2.75, 3.05) is 42.2 Å². The van der Waals surface area contributed by atoms with E-state index in [0.29, 0.717) is 6.54 Å². The van der Waals surface area contributed by atoms with Gasteiger partial charge in [0, 0.05) is 38.3 Å². The van der Waals surface area contributed by atoms with Crippen LogP contribution in [0.5, 0.6) is 0 Å². The van der Waals surface area contributed by atoms with Crippen LogP contribution in [0.4, 0.5) is 11.6 Å². The number of aromatic nitrogens is 2. The molecule has 7 nitrogen and oxygen atoms in total. The van der Waals surface area contributed by atoms with Gasteiger partial charge in [-0.15, -0.1) is 0 Å². The first-order valence-electron chi connectivity index (χ1n) is 7.80. The highest BCUT2D eigenvalue weighted by molar-refractivity contribution is 7.88. The number of piperidine rings is 1. The Kier molecular flexibility index (Phi) is 4.49. The van der Waals surface area contributed by atoms with E-state index in [2.05, 4.69) is 24.5 Å². The van der Waals surface area contributed by atoms with Crippen LogP contribution in [-0.2, 0) is 10.0 Å². The van der Waals surface area contributed by atoms with Crippen molar-refractivity contribution >= 4 is 21.7 Å². The summed E-state index contributed by atoms with van der Waals surface area (Å²) in [5.74, 6) is 1.86. The van der Waals surface area contributed by atoms with E-state index in [1.165, 1.54) is 19.1 Å². The molecule has 2 aliphatic heterocycles. The standard InChI is InChI=1S/C14H23N5O2S/c1-22(20,21)17-12-5-4-8-19(10-12)14-9-13(15-11-16-14)18-6-2-3-7-18/h9,11-12,17H,2-8,10H2,1H3/t12-/m1/s1. The van der Waals surface area contributed by atoms with E-state index in [1.807, 2.05) is 6.07 Å². The van der Waals surface area contributed by atoms with E-state index in [9.17, 15) is 8.42 Å². The fraction of sp³-hybridized carbons (Fsp3) is 0.714. The number of sulfonamides is 1. The number of hydrogen-bond acceptors (Lipinski definition) is 6. The van der Waals surface area contributed by atoms with Gasteiger partial charge in [-0.25, -0.2) is 23.1 Å². The number of rotatable bonds is 4. The van der Waals surface area contributed by atoms with E-state index in [1.54, 1.807) is 6.33 Å². The first kappa shape index (κ1) is 15.5. The van der Waals surface area contributed by atoms with Gasteiger partial charge in [0.15, 0.2) is 0 Å². The zero-order valence-corrected chi connectivity index (χ0v) is 13.7. The quantitative estimate of drug-likeness (QED) is 0.873. The Morgan fingerprint density at radius 1 is 1.09 bits per heavy atom. The van der Waals surface area contributed by atoms with Crippen molar-refractivity contribution in [2.24, 2.45) is 0 Å². The molecule has 0 spiro atoms. The van der Waals surface area contributed by atoms with Crippen LogP contribution >= 0.6 is 0 Å². The maximum Gasteiger partial charge on any atom is 0.209 e. The molecule has 122 valence electrons. The third kappa shape index (κ3) is 3.86. The molecule has 0 unspecified atom stereocenters. The molecule has 8 heteroatoms. The second-order valence-corrected chi connectivity index (χ2v) is 7.88. The van der Waals surface area contributed by atoms with Gasteiger partial charge < -0.3 is 9.80 Å². The van der Waals surface area contributed by atoms with Gasteiger partial charge >= 0.3 is 0 Å². The Morgan fingerprint density at radius 3 is 2.41 bits per heavy atom. The van der Waals surface area contributed by atoms with Gasteiger partial charge in [-0.3, -0.25) is 0 Å². The Bertz CT molecular complexity index is 615. The van der Waals surface area contributed by atoms with Gasteiger partial charge in [0.2, 0.25) is 10.0 Å². The van der Waals surface area contributed by atoms with Crippen molar-refractivity contribution in [3.8, 4) is 0 Å². The summed E-state index contributed by atoms with van der Waals surface area (Å²) < 4.78 is 25.5. The van der Waals surface area contributed by atoms with Crippen LogP contribution in [-0.4, -0.2) is 56.9 Å². The molecule has 3 heterocycles. The van der Waals surface area contributed by atoms with Crippen LogP contribution in [0.25, 0.3) is 0 Å². The third-order valence-corrected chi connectivity index (χ3v) is 4.96. The molecule has 0 aliphatic carbocycles. The molecule has 0 bridgehead atoms. The van der Waals surface area contributed by atoms with Crippen LogP contribution in [0.15, 0.2) is 12.4 Å². The zero-order valence-electron chi connectivity index (χ0n) is 12.9. The normalized spacial score (nSPS) is 23.0. The summed E-state index contributed by atoms with van der Waals surface area (Å²) in [6.45, 7) is 3.66. The molecule has 3 rings (SSSR count). The van der Waals surface area contributed by atoms with E-state index < -0.39 is 10.0 Å². The summed E-state index contributed by atoms with van der Waals surface area (Å²) in [6.07, 6.45) is 7.06. The van der Waals surface area contributed by atoms with Crippen molar-refractivity contribution in [2.45, 2.75) is 31.7 Å². The molecular weight excluding hydrogens is 302 g/mol. The van der Waals surface area contributed by atoms with Gasteiger partial charge in [0.05, 0.1) is 6.26 Å². The van der Waals surface area contributed by atoms with Crippen LogP contribution in [0.1, 0.15) is 25.7 Å². The van der Waals surface area contributed by atoms with Gasteiger partial charge in [0.1, 0.15) is 18.0 Å². The van der Waals surface area contributed by atoms with Gasteiger partial charge in [-0.2, -0.15) is 0 Å². The van der Waals surface area contributed by atoms with Crippen LogP contribution < -0.4 is 14.5 Å². The first-order valence-corrected chi connectivity index (χ1v) is 9.70. The molecule has 1 atom stereocenters. The second kappa shape index (κ2) is 6.37. The van der Waals surface area contributed by atoms with Crippen LogP contribution in [0.3, 0.4) is 0 Å². The van der Waals surface area contributed by atoms with E-state index in [0.717, 1.165) is 44.1 Å². The Hall–Kier alpha value is -1.41. The van der Waals surface area contributed by atoms with Crippen LogP contribution in [0.2, 0.25) is 0 Å². The molecule has 2 saturated heterocycles. The van der Waals surface area contributed by atoms with Crippen molar-refractivity contribution in [3.05, 3.63) is 12.4 Å². The number of nitrogens with one attached hydrogen (secondary N) is 1. The molecular formula is C14H23N5O2S. The molecule has 0 amide bonds. The van der Waals surface area contributed by atoms with Crippen molar-refractivity contribution in [1.82, 2.24) is 14.7 Å². The summed E-state index contributed by atoms with van der Waals surface area (Å²) in [4.78, 5) is 13.2. The molecule has 0 saturated carbocycles. The molecule has 2 aliphatic rings. The minimum atomic E-state index is -3.17. The van der Waals surface area contributed by atoms with Gasteiger partial charge in [-0.05, 0) is 25.7 Å². The van der Waals surface area contributed by atoms with Crippen molar-refractivity contribution in [1.29, 1.82) is 0 Å². The Balaban J connectivity index is 1.71. The minimum Gasteiger partial charge on any atom is -0.356 e. The molecule has 2 fully saturated rings. The lowest BCUT2D eigenvalue weighted by Crippen LogP contribution is -2.47. The number of anilines is 2. The van der Waals surface area contributed by atoms with Gasteiger partial charge in [0.25, 0.3) is 0 Å². The highest BCUT2D eigenvalue weighted by atomic mass is 32.2. The lowest BCUT2D eigenvalue weighted by Gasteiger charge is -2.33. The molecule has 22 heavy (non-hydrogen) atoms. The molecule has 1 aromatic heterocycles. The number of hydrogen-bond donors (Lipinski definition) is 1. The molecule has 1 aromatic rings. The summed E-state index contributed by atoms with van der Waals surface area (Å²) in [7, 11) is -3.17. The van der Waals surface area contributed by atoms with E-state index in [-0.39, 0.29) is 6.04 Å². The average Bonchev–Trinajstić information content (AvgIpc) is 3.00. The minimum absolute atomic E-state index is 0.0473. The Labute approximate surface area is 131 Å². The lowest BCUT2D eigenvalue weighted by molar-refractivity contribution is 0.465. The Morgan fingerprint density at radius 2 is 1.73 bits per heavy atom. The monoisotopic (exact) mass is 325 g/mol. The summed E-state index contributed by atoms with van der Waals surface area (Å²) in [5.41, 5.74) is 0. The summed E-state index contributed by atoms with van der Waals surface area (Å²) in [6, 6.07) is 1.97. The van der Waals surface area contributed by atoms with Crippen molar-refractivity contribution < 1.29 is 8.42 Å². The fourth-order valence-electron chi connectivity index (χ4n) is 3.21. The van der Waals surface area contributed by atoms with Crippen molar-refractivity contribution in [3.63, 3.8) is 0 Å². The average molecular weight is 325 g/mol. The smallest absolute Gasteiger partial charge is 0.209 e. The third-order valence-electron chi connectivity index (χ3n) is 4.19. The van der Waals surface area contributed by atoms with E-state index >= 15 is 0 Å². The molecule has 1 N–H and O–H groups in total. The SMILES string of the molecule is CS(=O)(=O)N[C@@H]1CCCN(c2cc(N3CCCC3)ncn2)C1. The zero-order chi connectivity index (χ0) is 15.6. The first-order chi connectivity index (χ1) is 10.5. The predicted octanol–water partition coefficient (Wildman–Crippen LogP) is 0.595. The molecule has 0 aromatic carbocycles. The predicted molar refractivity (Wildman–Crippen MR) is 86.7 cm³/mol. The second-order valence-electron chi connectivity index (χ2n) is 6.10. The summed E-state index contributed by atoms with van der Waals surface area (Å²) in [5, 5.41) is 0. The van der Waals surface area contributed by atoms with Gasteiger partial charge in [-0.1, -0.05) is 0 Å². The highest BCUT2D eigenvalue weighted by Gasteiger charge is 2.24. The summed E-state index contributed by atoms with van der Waals surface area (Å²) >= 11 is 0.